The third kappa shape index (κ3) is 2.95. The minimum absolute atomic E-state index is 0.954. The fourth-order valence-corrected chi connectivity index (χ4v) is 7.23. The Kier molecular flexibility index (Phi) is 4.39. The van der Waals surface area contributed by atoms with E-state index >= 15 is 0 Å². The highest BCUT2D eigenvalue weighted by Gasteiger charge is 2.22. The van der Waals surface area contributed by atoms with E-state index < -0.39 is 0 Å². The summed E-state index contributed by atoms with van der Waals surface area (Å²) in [4.78, 5) is 9.36. The Labute approximate surface area is 245 Å². The summed E-state index contributed by atoms with van der Waals surface area (Å²) in [6.45, 7) is 0. The molecule has 10 rings (SSSR count). The first kappa shape index (κ1) is 22.7. The van der Waals surface area contributed by atoms with E-state index in [-0.39, 0.29) is 0 Å². The highest BCUT2D eigenvalue weighted by atomic mass is 15.0. The zero-order valence-electron chi connectivity index (χ0n) is 23.0. The Hall–Kier alpha value is -5.94. The summed E-state index contributed by atoms with van der Waals surface area (Å²) in [6, 6.07) is 41.5. The summed E-state index contributed by atoms with van der Waals surface area (Å²) >= 11 is 0. The summed E-state index contributed by atoms with van der Waals surface area (Å²) in [6.07, 6.45) is 7.76. The zero-order valence-corrected chi connectivity index (χ0v) is 23.0. The van der Waals surface area contributed by atoms with Crippen LogP contribution < -0.4 is 0 Å². The summed E-state index contributed by atoms with van der Waals surface area (Å²) in [7, 11) is 0. The van der Waals surface area contributed by atoms with Gasteiger partial charge in [0.25, 0.3) is 0 Å². The largest absolute Gasteiger partial charge is 0.309 e. The topological polar surface area (TPSA) is 40.0 Å². The molecule has 0 aliphatic heterocycles. The van der Waals surface area contributed by atoms with Crippen molar-refractivity contribution < 1.29 is 0 Å². The summed E-state index contributed by atoms with van der Waals surface area (Å²) in [5, 5.41) is 8.35. The molecule has 0 bridgehead atoms. The Morgan fingerprint density at radius 3 is 1.88 bits per heavy atom. The molecular weight excluding hydrogens is 526 g/mol. The average Bonchev–Trinajstić information content (AvgIpc) is 3.78. The van der Waals surface area contributed by atoms with Crippen LogP contribution in [0.15, 0.2) is 140 Å². The van der Waals surface area contributed by atoms with E-state index in [0.717, 1.165) is 38.7 Å². The lowest BCUT2D eigenvalue weighted by Gasteiger charge is -2.11. The molecule has 0 amide bonds. The smallest absolute Gasteiger partial charge is 0.145 e. The number of nitrogens with zero attached hydrogens (tertiary/aromatic N) is 5. The Balaban J connectivity index is 1.49. The lowest BCUT2D eigenvalue weighted by Crippen LogP contribution is -1.95. The molecule has 5 heteroatoms. The molecule has 200 valence electrons. The lowest BCUT2D eigenvalue weighted by molar-refractivity contribution is 1.17. The van der Waals surface area contributed by atoms with Crippen LogP contribution in [0.3, 0.4) is 0 Å². The Bertz CT molecular complexity index is 2710. The van der Waals surface area contributed by atoms with Crippen LogP contribution in [0.25, 0.3) is 82.3 Å². The van der Waals surface area contributed by atoms with Crippen molar-refractivity contribution in [3.05, 3.63) is 140 Å². The van der Waals surface area contributed by atoms with Gasteiger partial charge >= 0.3 is 0 Å². The van der Waals surface area contributed by atoms with Crippen LogP contribution >= 0.6 is 0 Å². The minimum atomic E-state index is 0.954. The van der Waals surface area contributed by atoms with Crippen molar-refractivity contribution >= 4 is 70.9 Å². The van der Waals surface area contributed by atoms with Crippen molar-refractivity contribution in [2.75, 3.05) is 0 Å². The van der Waals surface area contributed by atoms with E-state index in [9.17, 15) is 0 Å². The molecule has 5 aromatic heterocycles. The number of benzene rings is 5. The number of hydrogen-bond donors (Lipinski definition) is 0. The maximum absolute atomic E-state index is 4.84. The predicted octanol–water partition coefficient (Wildman–Crippen LogP) is 9.23. The van der Waals surface area contributed by atoms with Gasteiger partial charge in [0.05, 0.1) is 27.6 Å². The van der Waals surface area contributed by atoms with Gasteiger partial charge in [0.1, 0.15) is 5.65 Å². The fraction of sp³-hybridized carbons (Fsp3) is 0. The number of pyridine rings is 2. The van der Waals surface area contributed by atoms with Crippen LogP contribution in [-0.2, 0) is 0 Å². The highest BCUT2D eigenvalue weighted by molar-refractivity contribution is 6.31. The van der Waals surface area contributed by atoms with E-state index in [1.165, 1.54) is 43.6 Å². The van der Waals surface area contributed by atoms with Crippen LogP contribution in [0.4, 0.5) is 0 Å². The van der Waals surface area contributed by atoms with Crippen molar-refractivity contribution in [1.82, 2.24) is 23.5 Å². The molecule has 0 fully saturated rings. The fourth-order valence-electron chi connectivity index (χ4n) is 7.23. The Morgan fingerprint density at radius 1 is 0.442 bits per heavy atom. The van der Waals surface area contributed by atoms with Gasteiger partial charge in [-0.15, -0.1) is 0 Å². The van der Waals surface area contributed by atoms with Crippen LogP contribution in [0.1, 0.15) is 0 Å². The maximum Gasteiger partial charge on any atom is 0.145 e. The molecule has 43 heavy (non-hydrogen) atoms. The molecule has 5 aromatic carbocycles. The van der Waals surface area contributed by atoms with E-state index in [2.05, 4.69) is 134 Å². The molecule has 0 unspecified atom stereocenters. The second-order valence-electron chi connectivity index (χ2n) is 11.1. The molecule has 0 saturated carbocycles. The van der Waals surface area contributed by atoms with Crippen molar-refractivity contribution in [1.29, 1.82) is 0 Å². The van der Waals surface area contributed by atoms with Gasteiger partial charge in [0.15, 0.2) is 0 Å². The van der Waals surface area contributed by atoms with Gasteiger partial charge in [-0.1, -0.05) is 54.6 Å². The standard InChI is InChI=1S/C38H23N5/c1-3-9-24(10-4-1)42-32-14-8-7-13-26(32)36-33(42)15-16-34-37(36)29-21-28-27(22-35(29)43(34)25-11-5-2-6-12-25)30-23-39-18-17-31(30)41-20-19-40-38(28)41/h1-23H. The van der Waals surface area contributed by atoms with E-state index in [4.69, 9.17) is 4.98 Å². The van der Waals surface area contributed by atoms with Crippen molar-refractivity contribution in [3.63, 3.8) is 0 Å². The number of fused-ring (bicyclic) bond motifs is 13. The van der Waals surface area contributed by atoms with Gasteiger partial charge in [-0.25, -0.2) is 4.98 Å². The third-order valence-corrected chi connectivity index (χ3v) is 8.96. The molecule has 5 nitrogen and oxygen atoms in total. The van der Waals surface area contributed by atoms with Gasteiger partial charge in [0, 0.05) is 68.5 Å². The van der Waals surface area contributed by atoms with Crippen molar-refractivity contribution in [2.45, 2.75) is 0 Å². The minimum Gasteiger partial charge on any atom is -0.309 e. The number of aromatic nitrogens is 5. The molecule has 0 aliphatic carbocycles. The molecule has 0 saturated heterocycles. The zero-order chi connectivity index (χ0) is 28.1. The van der Waals surface area contributed by atoms with Crippen LogP contribution in [-0.4, -0.2) is 23.5 Å². The second-order valence-corrected chi connectivity index (χ2v) is 11.1. The average molecular weight is 550 g/mol. The molecule has 0 radical (unpaired) electrons. The molecule has 0 N–H and O–H groups in total. The molecule has 0 spiro atoms. The number of hydrogen-bond acceptors (Lipinski definition) is 2. The molecule has 0 atom stereocenters. The Morgan fingerprint density at radius 2 is 1.12 bits per heavy atom. The SMILES string of the molecule is c1ccc(-n2c3ccccc3c3c4c5cc6c(cc5n(-c5ccccc5)c4ccc32)c2cnccc2n2ccnc62)cc1. The third-order valence-electron chi connectivity index (χ3n) is 8.96. The first-order valence-electron chi connectivity index (χ1n) is 14.5. The van der Waals surface area contributed by atoms with E-state index in [1.807, 2.05) is 24.8 Å². The van der Waals surface area contributed by atoms with Crippen LogP contribution in [0.2, 0.25) is 0 Å². The lowest BCUT2D eigenvalue weighted by atomic mass is 10.0. The van der Waals surface area contributed by atoms with Gasteiger partial charge in [-0.05, 0) is 66.0 Å². The van der Waals surface area contributed by atoms with Crippen LogP contribution in [0.5, 0.6) is 0 Å². The maximum atomic E-state index is 4.84. The summed E-state index contributed by atoms with van der Waals surface area (Å²) in [5.41, 5.74) is 9.09. The highest BCUT2D eigenvalue weighted by Crippen LogP contribution is 2.44. The summed E-state index contributed by atoms with van der Waals surface area (Å²) in [5.74, 6) is 0. The number of rotatable bonds is 2. The monoisotopic (exact) mass is 549 g/mol. The summed E-state index contributed by atoms with van der Waals surface area (Å²) < 4.78 is 6.98. The second kappa shape index (κ2) is 8.30. The van der Waals surface area contributed by atoms with E-state index in [1.54, 1.807) is 0 Å². The van der Waals surface area contributed by atoms with Gasteiger partial charge in [-0.3, -0.25) is 9.38 Å². The first-order chi connectivity index (χ1) is 21.4. The van der Waals surface area contributed by atoms with Gasteiger partial charge in [0.2, 0.25) is 0 Å². The number of para-hydroxylation sites is 3. The van der Waals surface area contributed by atoms with Crippen molar-refractivity contribution in [3.8, 4) is 11.4 Å². The van der Waals surface area contributed by atoms with Gasteiger partial charge < -0.3 is 9.13 Å². The predicted molar refractivity (Wildman–Crippen MR) is 177 cm³/mol. The van der Waals surface area contributed by atoms with Crippen molar-refractivity contribution in [2.24, 2.45) is 0 Å². The quantitative estimate of drug-likeness (QED) is 0.202. The first-order valence-corrected chi connectivity index (χ1v) is 14.5. The normalized spacial score (nSPS) is 12.2. The van der Waals surface area contributed by atoms with Gasteiger partial charge in [-0.2, -0.15) is 0 Å². The molecule has 10 aromatic rings. The number of imidazole rings is 1. The molecule has 0 aliphatic rings. The molecular formula is C38H23N5. The molecule has 5 heterocycles. The van der Waals surface area contributed by atoms with Crippen LogP contribution in [0, 0.1) is 0 Å². The van der Waals surface area contributed by atoms with E-state index in [0.29, 0.717) is 0 Å².